The molecule has 0 aromatic heterocycles. The van der Waals surface area contributed by atoms with Gasteiger partial charge in [-0.25, -0.2) is 0 Å². The number of benzene rings is 2. The Morgan fingerprint density at radius 3 is 2.62 bits per heavy atom. The minimum absolute atomic E-state index is 0. The van der Waals surface area contributed by atoms with Crippen LogP contribution in [0.25, 0.3) is 10.8 Å². The van der Waals surface area contributed by atoms with Crippen LogP contribution in [0.4, 0.5) is 0 Å². The molecule has 2 aliphatic rings. The van der Waals surface area contributed by atoms with Crippen LogP contribution in [0.15, 0.2) is 36.4 Å². The van der Waals surface area contributed by atoms with Gasteiger partial charge in [0.25, 0.3) is 0 Å². The Labute approximate surface area is 161 Å². The molecule has 4 unspecified atom stereocenters. The third-order valence-corrected chi connectivity index (χ3v) is 6.17. The molecule has 0 bridgehead atoms. The van der Waals surface area contributed by atoms with Gasteiger partial charge >= 0.3 is 0 Å². The number of likely N-dealkylation sites (tertiary alicyclic amines) is 1. The third-order valence-electron chi connectivity index (χ3n) is 6.17. The number of methoxy groups -OCH3 is 1. The van der Waals surface area contributed by atoms with Crippen LogP contribution in [0.5, 0.6) is 5.75 Å². The highest BCUT2D eigenvalue weighted by atomic mass is 35.5. The van der Waals surface area contributed by atoms with Crippen LogP contribution in [0.3, 0.4) is 0 Å². The van der Waals surface area contributed by atoms with Crippen molar-refractivity contribution in [3.8, 4) is 5.75 Å². The smallest absolute Gasteiger partial charge is 0.229 e. The van der Waals surface area contributed by atoms with Crippen LogP contribution in [0.1, 0.15) is 31.2 Å². The average molecular weight is 375 g/mol. The summed E-state index contributed by atoms with van der Waals surface area (Å²) in [6.45, 7) is 3.73. The van der Waals surface area contributed by atoms with Gasteiger partial charge in [-0.1, -0.05) is 24.3 Å². The molecule has 1 aliphatic carbocycles. The fourth-order valence-electron chi connectivity index (χ4n) is 4.54. The van der Waals surface area contributed by atoms with E-state index in [2.05, 4.69) is 18.2 Å². The number of carbonyl (C=O) groups excluding carboxylic acids is 1. The molecule has 4 rings (SSSR count). The van der Waals surface area contributed by atoms with Crippen molar-refractivity contribution in [1.29, 1.82) is 0 Å². The Kier molecular flexibility index (Phi) is 5.44. The molecule has 1 amide bonds. The molecule has 0 spiro atoms. The Bertz CT molecular complexity index is 810. The first-order valence-corrected chi connectivity index (χ1v) is 9.19. The maximum atomic E-state index is 13.0. The number of nitrogens with two attached hydrogens (primary N) is 1. The van der Waals surface area contributed by atoms with E-state index in [1.54, 1.807) is 7.11 Å². The highest BCUT2D eigenvalue weighted by Gasteiger charge is 2.43. The number of hydrogen-bond acceptors (Lipinski definition) is 3. The molecule has 1 saturated carbocycles. The number of hydrogen-bond donors (Lipinski definition) is 1. The standard InChI is InChI=1S/C21H26N2O2.ClH/c1-13(21(24)23-11-17-6-8-20(22)19(17)12-23)14-3-4-16-10-18(25-2)7-5-15(16)9-14;/h3-5,7,9-10,13,17,19-20H,6,8,11-12,22H2,1-2H3;1H. The maximum absolute atomic E-state index is 13.0. The predicted octanol–water partition coefficient (Wildman–Crippen LogP) is 3.57. The van der Waals surface area contributed by atoms with Crippen molar-refractivity contribution in [3.63, 3.8) is 0 Å². The van der Waals surface area contributed by atoms with Crippen LogP contribution in [0.2, 0.25) is 0 Å². The minimum Gasteiger partial charge on any atom is -0.497 e. The van der Waals surface area contributed by atoms with Gasteiger partial charge in [0.1, 0.15) is 5.75 Å². The maximum Gasteiger partial charge on any atom is 0.229 e. The van der Waals surface area contributed by atoms with Crippen molar-refractivity contribution < 1.29 is 9.53 Å². The summed E-state index contributed by atoms with van der Waals surface area (Å²) >= 11 is 0. The molecule has 1 heterocycles. The summed E-state index contributed by atoms with van der Waals surface area (Å²) in [6.07, 6.45) is 2.28. The van der Waals surface area contributed by atoms with E-state index in [1.807, 2.05) is 30.0 Å². The third kappa shape index (κ3) is 3.28. The molecule has 1 aliphatic heterocycles. The van der Waals surface area contributed by atoms with E-state index in [1.165, 1.54) is 6.42 Å². The summed E-state index contributed by atoms with van der Waals surface area (Å²) in [5.74, 6) is 2.07. The largest absolute Gasteiger partial charge is 0.497 e. The minimum atomic E-state index is -0.124. The molecule has 2 N–H and O–H groups in total. The van der Waals surface area contributed by atoms with E-state index in [0.717, 1.165) is 41.6 Å². The molecule has 1 saturated heterocycles. The van der Waals surface area contributed by atoms with Gasteiger partial charge in [0.05, 0.1) is 13.0 Å². The van der Waals surface area contributed by atoms with Crippen molar-refractivity contribution >= 4 is 29.1 Å². The second-order valence-corrected chi connectivity index (χ2v) is 7.60. The fraction of sp³-hybridized carbons (Fsp3) is 0.476. The van der Waals surface area contributed by atoms with Crippen LogP contribution in [-0.4, -0.2) is 37.0 Å². The number of amides is 1. The number of rotatable bonds is 3. The number of fused-ring (bicyclic) bond motifs is 2. The van der Waals surface area contributed by atoms with Gasteiger partial charge in [0.2, 0.25) is 5.91 Å². The van der Waals surface area contributed by atoms with Gasteiger partial charge in [0, 0.05) is 19.1 Å². The van der Waals surface area contributed by atoms with Crippen LogP contribution in [0, 0.1) is 11.8 Å². The van der Waals surface area contributed by atoms with Gasteiger partial charge in [-0.15, -0.1) is 12.4 Å². The first-order valence-electron chi connectivity index (χ1n) is 9.19. The summed E-state index contributed by atoms with van der Waals surface area (Å²) in [5, 5.41) is 2.27. The molecule has 2 fully saturated rings. The molecular formula is C21H27ClN2O2. The molecule has 4 atom stereocenters. The zero-order valence-corrected chi connectivity index (χ0v) is 16.2. The normalized spacial score (nSPS) is 25.7. The number of carbonyl (C=O) groups is 1. The van der Waals surface area contributed by atoms with Gasteiger partial charge in [-0.3, -0.25) is 4.79 Å². The van der Waals surface area contributed by atoms with Crippen LogP contribution < -0.4 is 10.5 Å². The molecular weight excluding hydrogens is 348 g/mol. The van der Waals surface area contributed by atoms with Crippen LogP contribution in [-0.2, 0) is 4.79 Å². The van der Waals surface area contributed by atoms with Crippen molar-refractivity contribution in [2.24, 2.45) is 17.6 Å². The zero-order chi connectivity index (χ0) is 17.6. The average Bonchev–Trinajstić information content (AvgIpc) is 3.21. The monoisotopic (exact) mass is 374 g/mol. The van der Waals surface area contributed by atoms with E-state index >= 15 is 0 Å². The predicted molar refractivity (Wildman–Crippen MR) is 107 cm³/mol. The SMILES string of the molecule is COc1ccc2cc(C(C)C(=O)N3CC4CCC(N)C4C3)ccc2c1.Cl. The second kappa shape index (κ2) is 7.45. The summed E-state index contributed by atoms with van der Waals surface area (Å²) in [6, 6.07) is 12.6. The molecule has 140 valence electrons. The Morgan fingerprint density at radius 1 is 1.15 bits per heavy atom. The fourth-order valence-corrected chi connectivity index (χ4v) is 4.54. The topological polar surface area (TPSA) is 55.6 Å². The lowest BCUT2D eigenvalue weighted by molar-refractivity contribution is -0.131. The molecule has 4 nitrogen and oxygen atoms in total. The summed E-state index contributed by atoms with van der Waals surface area (Å²) < 4.78 is 5.28. The highest BCUT2D eigenvalue weighted by Crippen LogP contribution is 2.38. The summed E-state index contributed by atoms with van der Waals surface area (Å²) in [4.78, 5) is 15.0. The number of nitrogens with zero attached hydrogens (tertiary/aromatic N) is 1. The zero-order valence-electron chi connectivity index (χ0n) is 15.4. The molecule has 0 radical (unpaired) electrons. The van der Waals surface area contributed by atoms with E-state index in [0.29, 0.717) is 11.8 Å². The van der Waals surface area contributed by atoms with Gasteiger partial charge in [0.15, 0.2) is 0 Å². The summed E-state index contributed by atoms with van der Waals surface area (Å²) in [7, 11) is 1.67. The Hall–Kier alpha value is -1.78. The first kappa shape index (κ1) is 19.0. The van der Waals surface area contributed by atoms with Gasteiger partial charge in [-0.05, 0) is 60.1 Å². The quantitative estimate of drug-likeness (QED) is 0.893. The lowest BCUT2D eigenvalue weighted by Gasteiger charge is -2.23. The lowest BCUT2D eigenvalue weighted by atomic mass is 9.96. The van der Waals surface area contributed by atoms with E-state index in [9.17, 15) is 4.79 Å². The first-order chi connectivity index (χ1) is 12.1. The molecule has 5 heteroatoms. The van der Waals surface area contributed by atoms with Gasteiger partial charge in [-0.2, -0.15) is 0 Å². The van der Waals surface area contributed by atoms with Crippen molar-refractivity contribution in [2.45, 2.75) is 31.7 Å². The summed E-state index contributed by atoms with van der Waals surface area (Å²) in [5.41, 5.74) is 7.28. The second-order valence-electron chi connectivity index (χ2n) is 7.60. The van der Waals surface area contributed by atoms with Gasteiger partial charge < -0.3 is 15.4 Å². The molecule has 2 aromatic rings. The van der Waals surface area contributed by atoms with E-state index < -0.39 is 0 Å². The Balaban J connectivity index is 0.00000196. The van der Waals surface area contributed by atoms with E-state index in [4.69, 9.17) is 10.5 Å². The van der Waals surface area contributed by atoms with Crippen molar-refractivity contribution in [2.75, 3.05) is 20.2 Å². The molecule has 26 heavy (non-hydrogen) atoms. The van der Waals surface area contributed by atoms with E-state index in [-0.39, 0.29) is 30.3 Å². The molecule has 2 aromatic carbocycles. The Morgan fingerprint density at radius 2 is 1.88 bits per heavy atom. The number of ether oxygens (including phenoxy) is 1. The van der Waals surface area contributed by atoms with Crippen LogP contribution >= 0.6 is 12.4 Å². The van der Waals surface area contributed by atoms with Crippen molar-refractivity contribution in [3.05, 3.63) is 42.0 Å². The highest BCUT2D eigenvalue weighted by molar-refractivity contribution is 5.88. The van der Waals surface area contributed by atoms with Crippen molar-refractivity contribution in [1.82, 2.24) is 4.90 Å². The lowest BCUT2D eigenvalue weighted by Crippen LogP contribution is -2.35. The number of halogens is 1.